The van der Waals surface area contributed by atoms with E-state index in [1.165, 1.54) is 6.42 Å². The minimum atomic E-state index is -0.167. The molecule has 1 aliphatic rings. The molecule has 1 saturated carbocycles. The lowest BCUT2D eigenvalue weighted by molar-refractivity contribution is 0.0929. The van der Waals surface area contributed by atoms with E-state index < -0.39 is 0 Å². The lowest BCUT2D eigenvalue weighted by Crippen LogP contribution is -2.54. The number of nitrogens with one attached hydrogen (secondary N) is 1. The predicted molar refractivity (Wildman–Crippen MR) is 72.0 cm³/mol. The summed E-state index contributed by atoms with van der Waals surface area (Å²) in [6, 6.07) is 5.59. The van der Waals surface area contributed by atoms with Crippen molar-refractivity contribution in [3.8, 4) is 0 Å². The molecule has 1 fully saturated rings. The van der Waals surface area contributed by atoms with Crippen LogP contribution in [-0.2, 0) is 0 Å². The lowest BCUT2D eigenvalue weighted by Gasteiger charge is -2.38. The maximum Gasteiger partial charge on any atom is 0.251 e. The quantitative estimate of drug-likeness (QED) is 0.900. The number of hydrogen-bond donors (Lipinski definition) is 2. The molecular weight excluding hydrogens is 280 g/mol. The molecule has 0 unspecified atom stereocenters. The third-order valence-corrected chi connectivity index (χ3v) is 4.26. The van der Waals surface area contributed by atoms with Crippen LogP contribution >= 0.6 is 15.9 Å². The Labute approximate surface area is 110 Å². The van der Waals surface area contributed by atoms with Gasteiger partial charge in [-0.15, -0.1) is 0 Å². The average molecular weight is 297 g/mol. The number of amides is 1. The number of hydrogen-bond acceptors (Lipinski definition) is 2. The molecule has 0 radical (unpaired) electrons. The first kappa shape index (κ1) is 12.6. The van der Waals surface area contributed by atoms with Crippen molar-refractivity contribution >= 4 is 21.8 Å². The molecule has 0 spiro atoms. The number of nitrogens with two attached hydrogens (primary N) is 1. The van der Waals surface area contributed by atoms with Crippen molar-refractivity contribution in [2.24, 2.45) is 5.73 Å². The zero-order valence-corrected chi connectivity index (χ0v) is 11.5. The van der Waals surface area contributed by atoms with Crippen molar-refractivity contribution in [1.82, 2.24) is 5.32 Å². The zero-order chi connectivity index (χ0) is 12.5. The predicted octanol–water partition coefficient (Wildman–Crippen LogP) is 2.37. The topological polar surface area (TPSA) is 55.1 Å². The van der Waals surface area contributed by atoms with E-state index in [9.17, 15) is 4.79 Å². The summed E-state index contributed by atoms with van der Waals surface area (Å²) in [5.74, 6) is -0.0441. The molecule has 17 heavy (non-hydrogen) atoms. The summed E-state index contributed by atoms with van der Waals surface area (Å²) in [4.78, 5) is 11.9. The number of benzene rings is 1. The first-order valence-electron chi connectivity index (χ1n) is 5.83. The number of rotatable bonds is 3. The Morgan fingerprint density at radius 1 is 1.53 bits per heavy atom. The van der Waals surface area contributed by atoms with Gasteiger partial charge in [0.15, 0.2) is 0 Å². The number of halogens is 1. The van der Waals surface area contributed by atoms with Gasteiger partial charge < -0.3 is 11.1 Å². The maximum absolute atomic E-state index is 11.9. The van der Waals surface area contributed by atoms with E-state index in [1.54, 1.807) is 0 Å². The first-order chi connectivity index (χ1) is 8.00. The maximum atomic E-state index is 11.9. The molecular formula is C13H17BrN2O. The normalized spacial score (nSPS) is 17.4. The first-order valence-corrected chi connectivity index (χ1v) is 6.63. The van der Waals surface area contributed by atoms with Gasteiger partial charge in [0.2, 0.25) is 0 Å². The second-order valence-electron chi connectivity index (χ2n) is 4.86. The summed E-state index contributed by atoms with van der Waals surface area (Å²) in [6.07, 6.45) is 3.18. The molecule has 3 N–H and O–H groups in total. The zero-order valence-electron chi connectivity index (χ0n) is 9.92. The van der Waals surface area contributed by atoms with Gasteiger partial charge in [0, 0.05) is 22.1 Å². The third kappa shape index (κ3) is 2.87. The number of aryl methyl sites for hydroxylation is 1. The lowest BCUT2D eigenvalue weighted by atomic mass is 9.78. The van der Waals surface area contributed by atoms with Crippen LogP contribution in [0.15, 0.2) is 22.7 Å². The van der Waals surface area contributed by atoms with E-state index in [0.29, 0.717) is 12.1 Å². The fourth-order valence-electron chi connectivity index (χ4n) is 1.95. The highest BCUT2D eigenvalue weighted by Crippen LogP contribution is 2.28. The fourth-order valence-corrected chi connectivity index (χ4v) is 2.20. The molecule has 0 bridgehead atoms. The summed E-state index contributed by atoms with van der Waals surface area (Å²) < 4.78 is 1.02. The molecule has 0 saturated heterocycles. The Morgan fingerprint density at radius 2 is 2.24 bits per heavy atom. The van der Waals surface area contributed by atoms with Crippen molar-refractivity contribution in [2.75, 3.05) is 6.54 Å². The molecule has 0 aromatic heterocycles. The Morgan fingerprint density at radius 3 is 2.76 bits per heavy atom. The molecule has 1 aromatic carbocycles. The van der Waals surface area contributed by atoms with Gasteiger partial charge in [0.05, 0.1) is 0 Å². The van der Waals surface area contributed by atoms with E-state index in [2.05, 4.69) is 21.2 Å². The summed E-state index contributed by atoms with van der Waals surface area (Å²) in [5, 5.41) is 2.91. The van der Waals surface area contributed by atoms with Gasteiger partial charge in [-0.1, -0.05) is 15.9 Å². The minimum Gasteiger partial charge on any atom is -0.350 e. The van der Waals surface area contributed by atoms with Crippen LogP contribution in [0.1, 0.15) is 35.2 Å². The summed E-state index contributed by atoms with van der Waals surface area (Å²) in [5.41, 5.74) is 7.64. The highest BCUT2D eigenvalue weighted by molar-refractivity contribution is 9.10. The summed E-state index contributed by atoms with van der Waals surface area (Å²) in [7, 11) is 0. The van der Waals surface area contributed by atoms with Gasteiger partial charge in [0.25, 0.3) is 5.91 Å². The van der Waals surface area contributed by atoms with Crippen LogP contribution in [-0.4, -0.2) is 18.0 Å². The standard InChI is InChI=1S/C13H17BrN2O/c1-9-7-10(3-4-11(9)14)12(17)16-8-13(15)5-2-6-13/h3-4,7H,2,5-6,8,15H2,1H3,(H,16,17). The van der Waals surface area contributed by atoms with Crippen molar-refractivity contribution in [3.05, 3.63) is 33.8 Å². The van der Waals surface area contributed by atoms with Crippen molar-refractivity contribution < 1.29 is 4.79 Å². The van der Waals surface area contributed by atoms with Crippen molar-refractivity contribution in [2.45, 2.75) is 31.7 Å². The number of carbonyl (C=O) groups is 1. The molecule has 1 aliphatic carbocycles. The van der Waals surface area contributed by atoms with Gasteiger partial charge in [-0.25, -0.2) is 0 Å². The minimum absolute atomic E-state index is 0.0441. The van der Waals surface area contributed by atoms with Gasteiger partial charge in [-0.05, 0) is 49.9 Å². The third-order valence-electron chi connectivity index (χ3n) is 3.37. The molecule has 3 nitrogen and oxygen atoms in total. The highest BCUT2D eigenvalue weighted by atomic mass is 79.9. The molecule has 4 heteroatoms. The van der Waals surface area contributed by atoms with Gasteiger partial charge in [-0.2, -0.15) is 0 Å². The van der Waals surface area contributed by atoms with Crippen LogP contribution in [0.5, 0.6) is 0 Å². The van der Waals surface area contributed by atoms with Crippen LogP contribution in [0.3, 0.4) is 0 Å². The second-order valence-corrected chi connectivity index (χ2v) is 5.72. The molecule has 0 atom stereocenters. The van der Waals surface area contributed by atoms with Crippen LogP contribution in [0.2, 0.25) is 0 Å². The van der Waals surface area contributed by atoms with Gasteiger partial charge >= 0.3 is 0 Å². The summed E-state index contributed by atoms with van der Waals surface area (Å²) in [6.45, 7) is 2.54. The summed E-state index contributed by atoms with van der Waals surface area (Å²) >= 11 is 3.42. The van der Waals surface area contributed by atoms with E-state index in [0.717, 1.165) is 22.9 Å². The molecule has 1 amide bonds. The van der Waals surface area contributed by atoms with Crippen molar-refractivity contribution in [1.29, 1.82) is 0 Å². The average Bonchev–Trinajstić information content (AvgIpc) is 2.27. The Balaban J connectivity index is 1.97. The van der Waals surface area contributed by atoms with E-state index >= 15 is 0 Å². The van der Waals surface area contributed by atoms with E-state index in [-0.39, 0.29) is 11.4 Å². The molecule has 0 heterocycles. The van der Waals surface area contributed by atoms with Crippen LogP contribution in [0, 0.1) is 6.92 Å². The SMILES string of the molecule is Cc1cc(C(=O)NCC2(N)CCC2)ccc1Br. The molecule has 0 aliphatic heterocycles. The fraction of sp³-hybridized carbons (Fsp3) is 0.462. The van der Waals surface area contributed by atoms with Crippen LogP contribution in [0.25, 0.3) is 0 Å². The van der Waals surface area contributed by atoms with Crippen LogP contribution < -0.4 is 11.1 Å². The van der Waals surface area contributed by atoms with Gasteiger partial charge in [0.1, 0.15) is 0 Å². The van der Waals surface area contributed by atoms with Crippen molar-refractivity contribution in [3.63, 3.8) is 0 Å². The largest absolute Gasteiger partial charge is 0.350 e. The smallest absolute Gasteiger partial charge is 0.251 e. The number of carbonyl (C=O) groups excluding carboxylic acids is 1. The van der Waals surface area contributed by atoms with E-state index in [4.69, 9.17) is 5.73 Å². The van der Waals surface area contributed by atoms with Crippen LogP contribution in [0.4, 0.5) is 0 Å². The Kier molecular flexibility index (Phi) is 3.54. The molecule has 92 valence electrons. The highest BCUT2D eigenvalue weighted by Gasteiger charge is 2.32. The molecule has 2 rings (SSSR count). The molecule has 1 aromatic rings. The monoisotopic (exact) mass is 296 g/mol. The van der Waals surface area contributed by atoms with E-state index in [1.807, 2.05) is 25.1 Å². The Bertz CT molecular complexity index is 441. The Hall–Kier alpha value is -0.870. The second kappa shape index (κ2) is 4.78. The van der Waals surface area contributed by atoms with Gasteiger partial charge in [-0.3, -0.25) is 4.79 Å².